The maximum atomic E-state index is 12.9. The molecule has 0 N–H and O–H groups in total. The Morgan fingerprint density at radius 3 is 0.687 bits per heavy atom. The van der Waals surface area contributed by atoms with E-state index in [2.05, 4.69) is 215 Å². The van der Waals surface area contributed by atoms with Gasteiger partial charge in [-0.05, 0) is 161 Å². The molecule has 0 fully saturated rings. The van der Waals surface area contributed by atoms with E-state index in [0.29, 0.717) is 12.8 Å². The molecule has 6 heteroatoms. The molecule has 0 aromatic carbocycles. The smallest absolute Gasteiger partial charge is 0.306 e. The highest BCUT2D eigenvalue weighted by atomic mass is 16.6. The highest BCUT2D eigenvalue weighted by Crippen LogP contribution is 2.13. The molecule has 1 atom stereocenters. The van der Waals surface area contributed by atoms with Gasteiger partial charge >= 0.3 is 17.9 Å². The van der Waals surface area contributed by atoms with Crippen molar-refractivity contribution in [2.45, 2.75) is 258 Å². The molecule has 6 nitrogen and oxygen atoms in total. The highest BCUT2D eigenvalue weighted by molar-refractivity contribution is 5.71. The van der Waals surface area contributed by atoms with E-state index in [-0.39, 0.29) is 37.5 Å². The normalized spacial score (nSPS) is 13.4. The predicted octanol–water partition coefficient (Wildman–Crippen LogP) is 23.0. The molecule has 0 aliphatic carbocycles. The number of hydrogen-bond acceptors (Lipinski definition) is 6. The topological polar surface area (TPSA) is 78.9 Å². The van der Waals surface area contributed by atoms with E-state index in [1.165, 1.54) is 12.8 Å². The van der Waals surface area contributed by atoms with E-state index in [1.807, 2.05) is 0 Å². The second-order valence-electron chi connectivity index (χ2n) is 20.9. The molecule has 0 bridgehead atoms. The largest absolute Gasteiger partial charge is 0.462 e. The summed E-state index contributed by atoms with van der Waals surface area (Å²) < 4.78 is 16.9. The van der Waals surface area contributed by atoms with Crippen molar-refractivity contribution in [3.05, 3.63) is 194 Å². The van der Waals surface area contributed by atoms with Crippen LogP contribution >= 0.6 is 0 Å². The van der Waals surface area contributed by atoms with Crippen molar-refractivity contribution >= 4 is 17.9 Å². The second kappa shape index (κ2) is 68.7. The van der Waals surface area contributed by atoms with Gasteiger partial charge in [-0.1, -0.05) is 267 Å². The third kappa shape index (κ3) is 66.9. The Labute approximate surface area is 509 Å². The Morgan fingerprint density at radius 2 is 0.434 bits per heavy atom. The molecule has 0 radical (unpaired) electrons. The van der Waals surface area contributed by atoms with Crippen LogP contribution in [0.5, 0.6) is 0 Å². The van der Waals surface area contributed by atoms with Crippen molar-refractivity contribution in [2.75, 3.05) is 13.2 Å². The number of esters is 3. The Bertz CT molecular complexity index is 1990. The molecule has 83 heavy (non-hydrogen) atoms. The molecular formula is C77H118O6. The van der Waals surface area contributed by atoms with E-state index >= 15 is 0 Å². The number of hydrogen-bond donors (Lipinski definition) is 0. The molecule has 0 saturated carbocycles. The summed E-state index contributed by atoms with van der Waals surface area (Å²) in [5.74, 6) is -0.988. The highest BCUT2D eigenvalue weighted by Gasteiger charge is 2.19. The van der Waals surface area contributed by atoms with Gasteiger partial charge in [0.2, 0.25) is 0 Å². The van der Waals surface area contributed by atoms with Crippen LogP contribution in [0.3, 0.4) is 0 Å². The van der Waals surface area contributed by atoms with Gasteiger partial charge in [0.15, 0.2) is 6.10 Å². The van der Waals surface area contributed by atoms with Crippen molar-refractivity contribution in [1.29, 1.82) is 0 Å². The molecule has 0 amide bonds. The number of carbonyl (C=O) groups excluding carboxylic acids is 3. The van der Waals surface area contributed by atoms with Crippen molar-refractivity contribution in [2.24, 2.45) is 0 Å². The molecular weight excluding hydrogens is 1020 g/mol. The van der Waals surface area contributed by atoms with E-state index in [1.54, 1.807) is 0 Å². The van der Waals surface area contributed by atoms with Gasteiger partial charge in [-0.3, -0.25) is 14.4 Å². The van der Waals surface area contributed by atoms with E-state index in [4.69, 9.17) is 14.2 Å². The van der Waals surface area contributed by atoms with E-state index < -0.39 is 6.10 Å². The van der Waals surface area contributed by atoms with Crippen molar-refractivity contribution in [3.8, 4) is 0 Å². The summed E-state index contributed by atoms with van der Waals surface area (Å²) in [6.45, 7) is 6.23. The predicted molar refractivity (Wildman–Crippen MR) is 361 cm³/mol. The van der Waals surface area contributed by atoms with Gasteiger partial charge in [0.05, 0.1) is 0 Å². The van der Waals surface area contributed by atoms with Gasteiger partial charge < -0.3 is 14.2 Å². The first kappa shape index (κ1) is 77.2. The van der Waals surface area contributed by atoms with Crippen molar-refractivity contribution in [1.82, 2.24) is 0 Å². The quantitative estimate of drug-likeness (QED) is 0.0261. The lowest BCUT2D eigenvalue weighted by molar-refractivity contribution is -0.167. The Kier molecular flexibility index (Phi) is 64.0. The zero-order valence-electron chi connectivity index (χ0n) is 52.9. The Morgan fingerprint density at radius 1 is 0.241 bits per heavy atom. The lowest BCUT2D eigenvalue weighted by Crippen LogP contribution is -2.30. The summed E-state index contributed by atoms with van der Waals surface area (Å²) in [6, 6.07) is 0. The zero-order valence-corrected chi connectivity index (χ0v) is 52.9. The molecule has 0 aliphatic rings. The number of allylic oxidation sites excluding steroid dienone is 32. The van der Waals surface area contributed by atoms with Crippen LogP contribution < -0.4 is 0 Å². The Balaban J connectivity index is 4.57. The van der Waals surface area contributed by atoms with Gasteiger partial charge in [-0.2, -0.15) is 0 Å². The molecule has 0 rings (SSSR count). The number of ether oxygens (including phenoxy) is 3. The minimum absolute atomic E-state index is 0.115. The van der Waals surface area contributed by atoms with E-state index in [9.17, 15) is 14.4 Å². The first-order valence-corrected chi connectivity index (χ1v) is 32.9. The zero-order chi connectivity index (χ0) is 59.9. The third-order valence-electron chi connectivity index (χ3n) is 13.1. The molecule has 0 spiro atoms. The number of rotatable bonds is 57. The minimum Gasteiger partial charge on any atom is -0.462 e. The molecule has 0 heterocycles. The van der Waals surface area contributed by atoms with Crippen LogP contribution in [0.4, 0.5) is 0 Å². The summed E-state index contributed by atoms with van der Waals surface area (Å²) in [4.78, 5) is 38.4. The Hall–Kier alpha value is -5.75. The summed E-state index contributed by atoms with van der Waals surface area (Å²) in [7, 11) is 0. The molecule has 1 unspecified atom stereocenters. The minimum atomic E-state index is -0.824. The van der Waals surface area contributed by atoms with Crippen LogP contribution in [0.2, 0.25) is 0 Å². The van der Waals surface area contributed by atoms with Crippen LogP contribution in [-0.4, -0.2) is 37.2 Å². The van der Waals surface area contributed by atoms with Crippen LogP contribution in [0.1, 0.15) is 252 Å². The second-order valence-corrected chi connectivity index (χ2v) is 20.9. The van der Waals surface area contributed by atoms with Gasteiger partial charge in [0, 0.05) is 19.3 Å². The first-order chi connectivity index (χ1) is 41.0. The summed E-state index contributed by atoms with van der Waals surface area (Å²) in [5.41, 5.74) is 0. The average Bonchev–Trinajstić information content (AvgIpc) is 3.50. The average molecular weight is 1140 g/mol. The van der Waals surface area contributed by atoms with Gasteiger partial charge in [0.1, 0.15) is 13.2 Å². The molecule has 0 saturated heterocycles. The molecule has 0 aromatic rings. The van der Waals surface area contributed by atoms with Crippen LogP contribution in [-0.2, 0) is 28.6 Å². The standard InChI is InChI=1S/C77H118O6/c1-4-7-10-13-16-19-22-25-28-31-34-36-37-38-39-41-43-46-49-52-55-58-61-64-67-70-76(79)82-73-74(72-81-75(78)69-66-63-60-57-54-51-48-45-42-33-30-27-24-21-18-15-12-9-6-3)83-77(80)71-68-65-62-59-56-53-50-47-44-40-35-32-29-26-23-20-17-14-11-8-5-2/h7-12,16-21,25-30,34-36,38-40,42-43,45-47,50,52,55,74H,4-6,13-15,22-24,31-33,37,41,44,48-49,51,53-54,56-73H2,1-3H3/b10-7-,11-8-,12-9-,19-16-,20-17-,21-18-,28-25-,29-26-,30-27-,36-34-,39-38-,40-35-,45-42-,46-43-,50-47-,55-52-. The maximum Gasteiger partial charge on any atom is 0.306 e. The van der Waals surface area contributed by atoms with Crippen molar-refractivity contribution in [3.63, 3.8) is 0 Å². The van der Waals surface area contributed by atoms with Crippen LogP contribution in [0.15, 0.2) is 194 Å². The fourth-order valence-corrected chi connectivity index (χ4v) is 8.26. The first-order valence-electron chi connectivity index (χ1n) is 32.9. The monoisotopic (exact) mass is 1140 g/mol. The van der Waals surface area contributed by atoms with Crippen LogP contribution in [0, 0.1) is 0 Å². The summed E-state index contributed by atoms with van der Waals surface area (Å²) in [6.07, 6.45) is 104. The van der Waals surface area contributed by atoms with Gasteiger partial charge in [0.25, 0.3) is 0 Å². The van der Waals surface area contributed by atoms with E-state index in [0.717, 1.165) is 199 Å². The lowest BCUT2D eigenvalue weighted by atomic mass is 10.1. The fraction of sp³-hybridized carbons (Fsp3) is 0.545. The summed E-state index contributed by atoms with van der Waals surface area (Å²) in [5, 5.41) is 0. The fourth-order valence-electron chi connectivity index (χ4n) is 8.26. The molecule has 462 valence electrons. The van der Waals surface area contributed by atoms with Gasteiger partial charge in [-0.25, -0.2) is 0 Å². The molecule has 0 aromatic heterocycles. The third-order valence-corrected chi connectivity index (χ3v) is 13.1. The number of unbranched alkanes of at least 4 members (excludes halogenated alkanes) is 14. The summed E-state index contributed by atoms with van der Waals surface area (Å²) >= 11 is 0. The maximum absolute atomic E-state index is 12.9. The molecule has 0 aliphatic heterocycles. The van der Waals surface area contributed by atoms with Crippen LogP contribution in [0.25, 0.3) is 0 Å². The SMILES string of the molecule is CC/C=C\C/C=C\C/C=C\C/C=C\C/C=C\C/C=C\C/C=C\CCCCCC(=O)OCC(COC(=O)CCCCCCCC/C=C\C/C=C\C/C=C\C/C=C\CC)OC(=O)CCCCCCC/C=C\C/C=C\C/C=C\C/C=C\C/C=C\CC. The number of carbonyl (C=O) groups is 3. The van der Waals surface area contributed by atoms with Crippen molar-refractivity contribution < 1.29 is 28.6 Å². The lowest BCUT2D eigenvalue weighted by Gasteiger charge is -2.18. The van der Waals surface area contributed by atoms with Gasteiger partial charge in [-0.15, -0.1) is 0 Å².